The average Bonchev–Trinajstić information content (AvgIpc) is 3.52. The summed E-state index contributed by atoms with van der Waals surface area (Å²) in [6.45, 7) is 1.30. The molecule has 1 spiro atoms. The quantitative estimate of drug-likeness (QED) is 0.182. The van der Waals surface area contributed by atoms with Gasteiger partial charge in [0.2, 0.25) is 5.91 Å². The van der Waals surface area contributed by atoms with Gasteiger partial charge in [0, 0.05) is 29.4 Å². The van der Waals surface area contributed by atoms with Crippen LogP contribution in [0.4, 0.5) is 11.4 Å². The van der Waals surface area contributed by atoms with Crippen LogP contribution in [0.5, 0.6) is 11.5 Å². The van der Waals surface area contributed by atoms with E-state index in [1.54, 1.807) is 48.5 Å². The van der Waals surface area contributed by atoms with Gasteiger partial charge in [0.05, 0.1) is 19.1 Å². The van der Waals surface area contributed by atoms with E-state index in [4.69, 9.17) is 9.47 Å². The van der Waals surface area contributed by atoms with Crippen LogP contribution < -0.4 is 19.7 Å². The Morgan fingerprint density at radius 2 is 1.57 bits per heavy atom. The minimum absolute atomic E-state index is 0.300. The molecule has 4 aromatic carbocycles. The number of hydrogen-bond acceptors (Lipinski definition) is 7. The lowest BCUT2D eigenvalue weighted by Crippen LogP contribution is -2.51. The number of Topliss-reactive ketones (excluding diaryl/α,β-unsaturated/α-hetero) is 2. The lowest BCUT2D eigenvalue weighted by molar-refractivity contribution is -0.131. The molecule has 8 nitrogen and oxygen atoms in total. The topological polar surface area (TPSA) is 102 Å². The summed E-state index contributed by atoms with van der Waals surface area (Å²) in [7, 11) is 1.52. The van der Waals surface area contributed by atoms with Crippen LogP contribution in [0.1, 0.15) is 38.8 Å². The van der Waals surface area contributed by atoms with E-state index in [0.29, 0.717) is 33.9 Å². The van der Waals surface area contributed by atoms with Crippen molar-refractivity contribution in [1.82, 2.24) is 0 Å². The van der Waals surface area contributed by atoms with E-state index in [1.807, 2.05) is 65.6 Å². The van der Waals surface area contributed by atoms with Crippen LogP contribution in [-0.2, 0) is 15.0 Å². The molecule has 1 fully saturated rings. The van der Waals surface area contributed by atoms with Crippen molar-refractivity contribution in [3.63, 3.8) is 0 Å². The molecule has 44 heavy (non-hydrogen) atoms. The summed E-state index contributed by atoms with van der Waals surface area (Å²) >= 11 is 0. The number of benzene rings is 4. The molecule has 4 aromatic rings. The molecule has 0 aromatic heterocycles. The number of amides is 1. The fourth-order valence-corrected chi connectivity index (χ4v) is 7.10. The molecule has 1 N–H and O–H groups in total. The predicted octanol–water partition coefficient (Wildman–Crippen LogP) is 5.48. The fourth-order valence-electron chi connectivity index (χ4n) is 7.10. The minimum Gasteiger partial charge on any atom is -0.497 e. The Bertz CT molecular complexity index is 1880. The number of nitrogens with zero attached hydrogens (tertiary/aromatic N) is 1. The minimum atomic E-state index is -1.42. The number of anilines is 2. The smallest absolute Gasteiger partial charge is 0.308 e. The predicted molar refractivity (Wildman–Crippen MR) is 165 cm³/mol. The van der Waals surface area contributed by atoms with Gasteiger partial charge < -0.3 is 19.7 Å². The first-order valence-electron chi connectivity index (χ1n) is 14.3. The average molecular weight is 585 g/mol. The number of fused-ring (bicyclic) bond motifs is 6. The van der Waals surface area contributed by atoms with E-state index in [2.05, 4.69) is 5.32 Å². The largest absolute Gasteiger partial charge is 0.497 e. The number of carbonyl (C=O) groups is 4. The zero-order valence-electron chi connectivity index (χ0n) is 24.0. The van der Waals surface area contributed by atoms with Crippen LogP contribution in [0, 0.1) is 5.92 Å². The van der Waals surface area contributed by atoms with E-state index in [-0.39, 0.29) is 17.5 Å². The fraction of sp³-hybridized carbons (Fsp3) is 0.167. The van der Waals surface area contributed by atoms with Crippen LogP contribution in [0.2, 0.25) is 0 Å². The van der Waals surface area contributed by atoms with Crippen molar-refractivity contribution in [3.8, 4) is 11.5 Å². The summed E-state index contributed by atoms with van der Waals surface area (Å²) < 4.78 is 10.6. The van der Waals surface area contributed by atoms with Crippen molar-refractivity contribution < 1.29 is 28.7 Å². The number of ketones is 2. The molecule has 3 aliphatic heterocycles. The van der Waals surface area contributed by atoms with E-state index in [1.165, 1.54) is 14.0 Å². The van der Waals surface area contributed by atoms with Gasteiger partial charge in [-0.05, 0) is 59.7 Å². The Hall–Kier alpha value is -5.50. The molecule has 218 valence electrons. The molecule has 0 unspecified atom stereocenters. The molecule has 3 aliphatic rings. The van der Waals surface area contributed by atoms with Gasteiger partial charge in [-0.1, -0.05) is 60.7 Å². The lowest BCUT2D eigenvalue weighted by Gasteiger charge is -2.37. The number of ether oxygens (including phenoxy) is 2. The highest BCUT2D eigenvalue weighted by molar-refractivity contribution is 6.18. The second-order valence-electron chi connectivity index (χ2n) is 11.1. The van der Waals surface area contributed by atoms with E-state index in [9.17, 15) is 19.2 Å². The molecular formula is C36H28N2O6. The third-order valence-corrected chi connectivity index (χ3v) is 8.85. The molecule has 0 aliphatic carbocycles. The number of hydrogen-bond donors (Lipinski definition) is 1. The molecule has 1 amide bonds. The SMILES string of the molecule is COc1cccc(C(=O)[C@@H]2[C@H](C(=O)c3ccc(OC(C)=O)cc3)N3c4ccccc4C=C[C@H]3[C@]23C(=O)Nc2ccccc23)c1. The Morgan fingerprint density at radius 3 is 2.34 bits per heavy atom. The normalized spacial score (nSPS) is 22.5. The molecule has 7 rings (SSSR count). The van der Waals surface area contributed by atoms with Gasteiger partial charge in [-0.25, -0.2) is 0 Å². The number of nitrogens with one attached hydrogen (secondary N) is 1. The molecular weight excluding hydrogens is 556 g/mol. The Kier molecular flexibility index (Phi) is 6.43. The van der Waals surface area contributed by atoms with E-state index < -0.39 is 29.4 Å². The maximum absolute atomic E-state index is 14.9. The Balaban J connectivity index is 1.48. The van der Waals surface area contributed by atoms with E-state index >= 15 is 0 Å². The van der Waals surface area contributed by atoms with Crippen molar-refractivity contribution >= 4 is 40.9 Å². The van der Waals surface area contributed by atoms with Gasteiger partial charge in [0.1, 0.15) is 23.0 Å². The number of carbonyl (C=O) groups excluding carboxylic acids is 4. The highest BCUT2D eigenvalue weighted by atomic mass is 16.5. The molecule has 0 saturated carbocycles. The number of para-hydroxylation sites is 2. The maximum Gasteiger partial charge on any atom is 0.308 e. The van der Waals surface area contributed by atoms with Gasteiger partial charge >= 0.3 is 5.97 Å². The van der Waals surface area contributed by atoms with Gasteiger partial charge in [-0.15, -0.1) is 0 Å². The molecule has 8 heteroatoms. The zero-order chi connectivity index (χ0) is 30.6. The van der Waals surface area contributed by atoms with Crippen LogP contribution in [0.25, 0.3) is 6.08 Å². The summed E-state index contributed by atoms with van der Waals surface area (Å²) in [5.41, 5.74) is 2.17. The van der Waals surface area contributed by atoms with Crippen LogP contribution in [-0.4, -0.2) is 42.6 Å². The van der Waals surface area contributed by atoms with Gasteiger partial charge in [-0.2, -0.15) is 0 Å². The maximum atomic E-state index is 14.9. The van der Waals surface area contributed by atoms with Crippen molar-refractivity contribution in [2.45, 2.75) is 24.4 Å². The van der Waals surface area contributed by atoms with Crippen molar-refractivity contribution in [2.75, 3.05) is 17.3 Å². The Labute approximate surface area is 253 Å². The second kappa shape index (κ2) is 10.3. The van der Waals surface area contributed by atoms with Gasteiger partial charge in [-0.3, -0.25) is 19.2 Å². The third kappa shape index (κ3) is 3.98. The van der Waals surface area contributed by atoms with Crippen molar-refractivity contribution in [1.29, 1.82) is 0 Å². The summed E-state index contributed by atoms with van der Waals surface area (Å²) in [5.74, 6) is -1.80. The van der Waals surface area contributed by atoms with E-state index in [0.717, 1.165) is 11.3 Å². The second-order valence-corrected chi connectivity index (χ2v) is 11.1. The monoisotopic (exact) mass is 584 g/mol. The first-order chi connectivity index (χ1) is 21.3. The third-order valence-electron chi connectivity index (χ3n) is 8.85. The first kappa shape index (κ1) is 27.3. The van der Waals surface area contributed by atoms with Crippen LogP contribution >= 0.6 is 0 Å². The number of esters is 1. The highest BCUT2D eigenvalue weighted by Gasteiger charge is 2.70. The highest BCUT2D eigenvalue weighted by Crippen LogP contribution is 2.58. The molecule has 3 heterocycles. The first-order valence-corrected chi connectivity index (χ1v) is 14.3. The molecule has 0 radical (unpaired) electrons. The van der Waals surface area contributed by atoms with Crippen molar-refractivity contribution in [2.24, 2.45) is 5.92 Å². The van der Waals surface area contributed by atoms with Crippen LogP contribution in [0.15, 0.2) is 103 Å². The molecule has 0 bridgehead atoms. The van der Waals surface area contributed by atoms with Gasteiger partial charge in [0.25, 0.3) is 0 Å². The zero-order valence-corrected chi connectivity index (χ0v) is 24.0. The standard InChI is InChI=1S/C36H28N2O6/c1-21(39)44-25-17-14-23(15-18-25)34(41)32-31(33(40)24-9-7-10-26(20-24)43-2)36(27-11-4-5-12-28(27)37-35(36)42)30-19-16-22-8-3-6-13-29(22)38(30)32/h3-20,30-32H,1-2H3,(H,37,42)/t30-,31-,32+,36-/m0/s1. The number of rotatable bonds is 6. The molecule has 1 saturated heterocycles. The van der Waals surface area contributed by atoms with Gasteiger partial charge in [0.15, 0.2) is 11.6 Å². The summed E-state index contributed by atoms with van der Waals surface area (Å²) in [5, 5.41) is 3.03. The summed E-state index contributed by atoms with van der Waals surface area (Å²) in [6.07, 6.45) is 3.90. The molecule has 4 atom stereocenters. The summed E-state index contributed by atoms with van der Waals surface area (Å²) in [4.78, 5) is 57.6. The van der Waals surface area contributed by atoms with Crippen LogP contribution in [0.3, 0.4) is 0 Å². The lowest BCUT2D eigenvalue weighted by atomic mass is 9.64. The van der Waals surface area contributed by atoms with Crippen molar-refractivity contribution in [3.05, 3.63) is 125 Å². The summed E-state index contributed by atoms with van der Waals surface area (Å²) in [6, 6.07) is 26.4. The Morgan fingerprint density at radius 1 is 0.818 bits per heavy atom. The number of methoxy groups -OCH3 is 1.